The molecule has 4 heteroatoms. The predicted octanol–water partition coefficient (Wildman–Crippen LogP) is 2.91. The van der Waals surface area contributed by atoms with E-state index < -0.39 is 0 Å². The Morgan fingerprint density at radius 3 is 2.95 bits per heavy atom. The molecule has 1 aromatic carbocycles. The molecule has 1 unspecified atom stereocenters. The molecule has 19 heavy (non-hydrogen) atoms. The highest BCUT2D eigenvalue weighted by Gasteiger charge is 2.26. The molecule has 0 spiro atoms. The summed E-state index contributed by atoms with van der Waals surface area (Å²) >= 11 is 0. The number of aromatic nitrogens is 2. The van der Waals surface area contributed by atoms with Gasteiger partial charge in [-0.2, -0.15) is 5.10 Å². The zero-order chi connectivity index (χ0) is 13.4. The fraction of sp³-hybridized carbons (Fsp3) is 0.400. The highest BCUT2D eigenvalue weighted by atomic mass is 19.1. The lowest BCUT2D eigenvalue weighted by Gasteiger charge is -2.20. The van der Waals surface area contributed by atoms with Gasteiger partial charge >= 0.3 is 0 Å². The minimum absolute atomic E-state index is 0.0409. The standard InChI is InChI=1S/C15H18FN3/c1-2-12-15-11(17)7-5-9-14(15)19(18-12)13-8-4-3-6-10(13)16/h3-4,6,8,11H,2,5,7,9,17H2,1H3. The van der Waals surface area contributed by atoms with Crippen molar-refractivity contribution in [2.75, 3.05) is 0 Å². The number of aryl methyl sites for hydroxylation is 1. The van der Waals surface area contributed by atoms with Crippen LogP contribution < -0.4 is 5.73 Å². The van der Waals surface area contributed by atoms with Crippen molar-refractivity contribution in [3.63, 3.8) is 0 Å². The minimum atomic E-state index is -0.241. The summed E-state index contributed by atoms with van der Waals surface area (Å²) in [5.41, 5.74) is 9.95. The van der Waals surface area contributed by atoms with Gasteiger partial charge in [-0.15, -0.1) is 0 Å². The van der Waals surface area contributed by atoms with E-state index in [0.29, 0.717) is 5.69 Å². The number of hydrogen-bond acceptors (Lipinski definition) is 2. The molecule has 1 atom stereocenters. The normalized spacial score (nSPS) is 18.4. The van der Waals surface area contributed by atoms with Crippen molar-refractivity contribution >= 4 is 0 Å². The molecule has 100 valence electrons. The summed E-state index contributed by atoms with van der Waals surface area (Å²) in [6.45, 7) is 2.07. The molecule has 1 aliphatic rings. The van der Waals surface area contributed by atoms with Gasteiger partial charge in [0.1, 0.15) is 11.5 Å². The van der Waals surface area contributed by atoms with E-state index in [2.05, 4.69) is 12.0 Å². The van der Waals surface area contributed by atoms with Gasteiger partial charge in [0.05, 0.1) is 5.69 Å². The molecule has 0 aliphatic heterocycles. The SMILES string of the molecule is CCc1nn(-c2ccccc2F)c2c1C(N)CCC2. The molecule has 1 aliphatic carbocycles. The second kappa shape index (κ2) is 4.78. The van der Waals surface area contributed by atoms with Gasteiger partial charge in [-0.3, -0.25) is 0 Å². The number of hydrogen-bond donors (Lipinski definition) is 1. The number of halogens is 1. The van der Waals surface area contributed by atoms with Gasteiger partial charge in [0.25, 0.3) is 0 Å². The van der Waals surface area contributed by atoms with Crippen molar-refractivity contribution in [1.29, 1.82) is 0 Å². The van der Waals surface area contributed by atoms with Gasteiger partial charge in [0.15, 0.2) is 0 Å². The molecule has 1 aromatic heterocycles. The number of nitrogens with two attached hydrogens (primary N) is 1. The largest absolute Gasteiger partial charge is 0.324 e. The number of rotatable bonds is 2. The van der Waals surface area contributed by atoms with Crippen molar-refractivity contribution in [1.82, 2.24) is 9.78 Å². The second-order valence-electron chi connectivity index (χ2n) is 5.02. The van der Waals surface area contributed by atoms with Crippen LogP contribution in [0, 0.1) is 5.82 Å². The third-order valence-electron chi connectivity index (χ3n) is 3.81. The Bertz CT molecular complexity index is 603. The van der Waals surface area contributed by atoms with Crippen molar-refractivity contribution in [2.45, 2.75) is 38.6 Å². The fourth-order valence-electron chi connectivity index (χ4n) is 2.90. The highest BCUT2D eigenvalue weighted by Crippen LogP contribution is 2.33. The first-order valence-corrected chi connectivity index (χ1v) is 6.83. The maximum absolute atomic E-state index is 14.0. The molecule has 0 fully saturated rings. The Labute approximate surface area is 112 Å². The van der Waals surface area contributed by atoms with E-state index >= 15 is 0 Å². The quantitative estimate of drug-likeness (QED) is 0.901. The third-order valence-corrected chi connectivity index (χ3v) is 3.81. The predicted molar refractivity (Wildman–Crippen MR) is 72.8 cm³/mol. The molecule has 0 saturated heterocycles. The van der Waals surface area contributed by atoms with E-state index in [9.17, 15) is 4.39 Å². The second-order valence-corrected chi connectivity index (χ2v) is 5.02. The lowest BCUT2D eigenvalue weighted by Crippen LogP contribution is -2.19. The van der Waals surface area contributed by atoms with Gasteiger partial charge < -0.3 is 5.73 Å². The maximum atomic E-state index is 14.0. The molecular weight excluding hydrogens is 241 g/mol. The smallest absolute Gasteiger partial charge is 0.148 e. The zero-order valence-electron chi connectivity index (χ0n) is 11.1. The van der Waals surface area contributed by atoms with Gasteiger partial charge in [-0.05, 0) is 37.8 Å². The van der Waals surface area contributed by atoms with E-state index in [1.165, 1.54) is 6.07 Å². The molecule has 0 saturated carbocycles. The van der Waals surface area contributed by atoms with Gasteiger partial charge in [0.2, 0.25) is 0 Å². The van der Waals surface area contributed by atoms with Crippen LogP contribution in [0.3, 0.4) is 0 Å². The molecule has 2 N–H and O–H groups in total. The van der Waals surface area contributed by atoms with Crippen LogP contribution >= 0.6 is 0 Å². The Kier molecular flexibility index (Phi) is 3.11. The van der Waals surface area contributed by atoms with E-state index in [-0.39, 0.29) is 11.9 Å². The van der Waals surface area contributed by atoms with Crippen LogP contribution in [0.25, 0.3) is 5.69 Å². The minimum Gasteiger partial charge on any atom is -0.324 e. The van der Waals surface area contributed by atoms with Crippen LogP contribution in [-0.2, 0) is 12.8 Å². The molecule has 2 aromatic rings. The topological polar surface area (TPSA) is 43.8 Å². The number of para-hydroxylation sites is 1. The zero-order valence-corrected chi connectivity index (χ0v) is 11.1. The van der Waals surface area contributed by atoms with Crippen LogP contribution in [0.15, 0.2) is 24.3 Å². The average Bonchev–Trinajstić information content (AvgIpc) is 2.79. The number of nitrogens with zero attached hydrogens (tertiary/aromatic N) is 2. The van der Waals surface area contributed by atoms with Gasteiger partial charge in [-0.1, -0.05) is 19.1 Å². The van der Waals surface area contributed by atoms with Crippen molar-refractivity contribution in [3.05, 3.63) is 47.0 Å². The van der Waals surface area contributed by atoms with Crippen molar-refractivity contribution in [2.24, 2.45) is 5.73 Å². The van der Waals surface area contributed by atoms with E-state index in [1.54, 1.807) is 16.8 Å². The maximum Gasteiger partial charge on any atom is 0.148 e. The van der Waals surface area contributed by atoms with Crippen molar-refractivity contribution in [3.8, 4) is 5.69 Å². The highest BCUT2D eigenvalue weighted by molar-refractivity contribution is 5.41. The van der Waals surface area contributed by atoms with Crippen LogP contribution in [0.5, 0.6) is 0 Å². The van der Waals surface area contributed by atoms with Crippen LogP contribution in [0.2, 0.25) is 0 Å². The summed E-state index contributed by atoms with van der Waals surface area (Å²) in [4.78, 5) is 0. The average molecular weight is 259 g/mol. The van der Waals surface area contributed by atoms with Gasteiger partial charge in [-0.25, -0.2) is 9.07 Å². The molecule has 3 rings (SSSR count). The number of benzene rings is 1. The Hall–Kier alpha value is -1.68. The van der Waals surface area contributed by atoms with Crippen LogP contribution in [-0.4, -0.2) is 9.78 Å². The first kappa shape index (κ1) is 12.4. The van der Waals surface area contributed by atoms with E-state index in [0.717, 1.165) is 42.6 Å². The molecule has 0 amide bonds. The Balaban J connectivity index is 2.21. The monoisotopic (exact) mass is 259 g/mol. The molecule has 3 nitrogen and oxygen atoms in total. The van der Waals surface area contributed by atoms with E-state index in [1.807, 2.05) is 6.07 Å². The van der Waals surface area contributed by atoms with Crippen molar-refractivity contribution < 1.29 is 4.39 Å². The van der Waals surface area contributed by atoms with E-state index in [4.69, 9.17) is 5.73 Å². The Morgan fingerprint density at radius 1 is 1.42 bits per heavy atom. The summed E-state index contributed by atoms with van der Waals surface area (Å²) in [6.07, 6.45) is 3.78. The molecule has 1 heterocycles. The third kappa shape index (κ3) is 1.96. The summed E-state index contributed by atoms with van der Waals surface area (Å²) in [7, 11) is 0. The first-order chi connectivity index (χ1) is 9.22. The Morgan fingerprint density at radius 2 is 2.21 bits per heavy atom. The molecule has 0 bridgehead atoms. The summed E-state index contributed by atoms with van der Waals surface area (Å²) in [5, 5.41) is 4.59. The number of fused-ring (bicyclic) bond motifs is 1. The molecule has 0 radical (unpaired) electrons. The lowest BCUT2D eigenvalue weighted by molar-refractivity contribution is 0.550. The van der Waals surface area contributed by atoms with Crippen LogP contribution in [0.4, 0.5) is 4.39 Å². The molecular formula is C15H18FN3. The first-order valence-electron chi connectivity index (χ1n) is 6.83. The summed E-state index contributed by atoms with van der Waals surface area (Å²) in [6, 6.07) is 6.81. The van der Waals surface area contributed by atoms with Gasteiger partial charge in [0, 0.05) is 17.3 Å². The summed E-state index contributed by atoms with van der Waals surface area (Å²) < 4.78 is 15.7. The summed E-state index contributed by atoms with van der Waals surface area (Å²) in [5.74, 6) is -0.241. The lowest BCUT2D eigenvalue weighted by atomic mass is 9.91. The van der Waals surface area contributed by atoms with Crippen LogP contribution in [0.1, 0.15) is 42.8 Å². The fourth-order valence-corrected chi connectivity index (χ4v) is 2.90.